The molecule has 7 nitrogen and oxygen atoms in total. The number of carbonyl (C=O) groups is 1. The SMILES string of the molecule is O=C(C1CCOCC1)N1CCO[C@@H]2[C@H](Cn3cnnc3)CC[C@H]21. The summed E-state index contributed by atoms with van der Waals surface area (Å²) in [6, 6.07) is 0.237. The minimum absolute atomic E-state index is 0.138. The number of fused-ring (bicyclic) bond motifs is 1. The van der Waals surface area contributed by atoms with Gasteiger partial charge in [0.25, 0.3) is 0 Å². The van der Waals surface area contributed by atoms with E-state index < -0.39 is 0 Å². The zero-order valence-electron chi connectivity index (χ0n) is 13.3. The first-order valence-corrected chi connectivity index (χ1v) is 8.65. The standard InChI is InChI=1S/C16H24N4O3/c21-16(12-3-6-22-7-4-12)20-5-8-23-15-13(1-2-14(15)20)9-19-10-17-18-11-19/h10-15H,1-9H2/t13-,14+,15+/m0/s1. The first-order valence-electron chi connectivity index (χ1n) is 8.65. The van der Waals surface area contributed by atoms with Crippen molar-refractivity contribution in [2.75, 3.05) is 26.4 Å². The lowest BCUT2D eigenvalue weighted by atomic mass is 9.96. The summed E-state index contributed by atoms with van der Waals surface area (Å²) in [5.41, 5.74) is 0. The molecule has 1 amide bonds. The summed E-state index contributed by atoms with van der Waals surface area (Å²) in [5.74, 6) is 0.886. The van der Waals surface area contributed by atoms with Crippen LogP contribution in [-0.2, 0) is 20.8 Å². The second-order valence-corrected chi connectivity index (χ2v) is 6.82. The minimum Gasteiger partial charge on any atom is -0.381 e. The Morgan fingerprint density at radius 1 is 1.09 bits per heavy atom. The Labute approximate surface area is 135 Å². The molecule has 1 aromatic rings. The highest BCUT2D eigenvalue weighted by Gasteiger charge is 2.45. The van der Waals surface area contributed by atoms with Gasteiger partial charge in [-0.25, -0.2) is 0 Å². The van der Waals surface area contributed by atoms with Crippen LogP contribution >= 0.6 is 0 Å². The fourth-order valence-electron chi connectivity index (χ4n) is 4.30. The smallest absolute Gasteiger partial charge is 0.226 e. The van der Waals surface area contributed by atoms with Crippen LogP contribution in [0.25, 0.3) is 0 Å². The van der Waals surface area contributed by atoms with Gasteiger partial charge in [-0.15, -0.1) is 10.2 Å². The van der Waals surface area contributed by atoms with Gasteiger partial charge in [-0.3, -0.25) is 4.79 Å². The molecule has 1 aliphatic carbocycles. The van der Waals surface area contributed by atoms with Crippen molar-refractivity contribution in [3.63, 3.8) is 0 Å². The number of nitrogens with zero attached hydrogens (tertiary/aromatic N) is 4. The molecule has 0 N–H and O–H groups in total. The molecule has 2 saturated heterocycles. The van der Waals surface area contributed by atoms with E-state index in [-0.39, 0.29) is 18.1 Å². The van der Waals surface area contributed by atoms with Gasteiger partial charge in [-0.1, -0.05) is 0 Å². The predicted octanol–water partition coefficient (Wildman–Crippen LogP) is 0.711. The van der Waals surface area contributed by atoms with Gasteiger partial charge in [-0.05, 0) is 25.7 Å². The van der Waals surface area contributed by atoms with Crippen LogP contribution in [0.5, 0.6) is 0 Å². The van der Waals surface area contributed by atoms with Gasteiger partial charge in [-0.2, -0.15) is 0 Å². The molecule has 3 atom stereocenters. The minimum atomic E-state index is 0.138. The average molecular weight is 320 g/mol. The molecule has 0 unspecified atom stereocenters. The van der Waals surface area contributed by atoms with E-state index in [1.165, 1.54) is 0 Å². The Balaban J connectivity index is 1.43. The Morgan fingerprint density at radius 2 is 1.87 bits per heavy atom. The second-order valence-electron chi connectivity index (χ2n) is 6.82. The number of carbonyl (C=O) groups excluding carboxylic acids is 1. The van der Waals surface area contributed by atoms with Crippen LogP contribution in [-0.4, -0.2) is 64.1 Å². The molecule has 126 valence electrons. The molecule has 3 heterocycles. The van der Waals surface area contributed by atoms with Crippen molar-refractivity contribution in [3.8, 4) is 0 Å². The molecule has 23 heavy (non-hydrogen) atoms. The first kappa shape index (κ1) is 15.1. The molecule has 3 aliphatic rings. The normalized spacial score (nSPS) is 32.0. The summed E-state index contributed by atoms with van der Waals surface area (Å²) >= 11 is 0. The number of rotatable bonds is 3. The molecular formula is C16H24N4O3. The van der Waals surface area contributed by atoms with Crippen molar-refractivity contribution in [1.82, 2.24) is 19.7 Å². The third-order valence-electron chi connectivity index (χ3n) is 5.49. The van der Waals surface area contributed by atoms with Crippen molar-refractivity contribution >= 4 is 5.91 Å². The maximum absolute atomic E-state index is 12.9. The molecule has 2 aliphatic heterocycles. The van der Waals surface area contributed by atoms with Gasteiger partial charge in [0.2, 0.25) is 5.91 Å². The van der Waals surface area contributed by atoms with Crippen LogP contribution in [0, 0.1) is 11.8 Å². The van der Waals surface area contributed by atoms with Gasteiger partial charge in [0.15, 0.2) is 0 Å². The van der Waals surface area contributed by atoms with Gasteiger partial charge in [0.1, 0.15) is 12.7 Å². The molecule has 0 spiro atoms. The van der Waals surface area contributed by atoms with Gasteiger partial charge < -0.3 is 18.9 Å². The molecule has 4 rings (SSSR count). The Hall–Kier alpha value is -1.47. The Kier molecular flexibility index (Phi) is 4.31. The van der Waals surface area contributed by atoms with E-state index in [1.807, 2.05) is 4.57 Å². The molecule has 3 fully saturated rings. The van der Waals surface area contributed by atoms with Crippen molar-refractivity contribution < 1.29 is 14.3 Å². The number of morpholine rings is 1. The number of ether oxygens (including phenoxy) is 2. The monoisotopic (exact) mass is 320 g/mol. The summed E-state index contributed by atoms with van der Waals surface area (Å²) in [5, 5.41) is 7.74. The van der Waals surface area contributed by atoms with Crippen molar-refractivity contribution in [3.05, 3.63) is 12.7 Å². The van der Waals surface area contributed by atoms with Crippen molar-refractivity contribution in [1.29, 1.82) is 0 Å². The van der Waals surface area contributed by atoms with E-state index in [0.29, 0.717) is 31.6 Å². The highest BCUT2D eigenvalue weighted by molar-refractivity contribution is 5.79. The lowest BCUT2D eigenvalue weighted by Crippen LogP contribution is -2.54. The summed E-state index contributed by atoms with van der Waals surface area (Å²) in [7, 11) is 0. The average Bonchev–Trinajstić information content (AvgIpc) is 3.25. The van der Waals surface area contributed by atoms with Crippen LogP contribution in [0.15, 0.2) is 12.7 Å². The van der Waals surface area contributed by atoms with E-state index in [1.54, 1.807) is 12.7 Å². The van der Waals surface area contributed by atoms with E-state index >= 15 is 0 Å². The fraction of sp³-hybridized carbons (Fsp3) is 0.812. The van der Waals surface area contributed by atoms with E-state index in [2.05, 4.69) is 15.1 Å². The maximum atomic E-state index is 12.9. The van der Waals surface area contributed by atoms with E-state index in [0.717, 1.165) is 38.8 Å². The summed E-state index contributed by atoms with van der Waals surface area (Å²) in [4.78, 5) is 15.0. The summed E-state index contributed by atoms with van der Waals surface area (Å²) in [6.07, 6.45) is 7.49. The van der Waals surface area contributed by atoms with Crippen LogP contribution in [0.1, 0.15) is 25.7 Å². The fourth-order valence-corrected chi connectivity index (χ4v) is 4.30. The van der Waals surface area contributed by atoms with Crippen molar-refractivity contribution in [2.45, 2.75) is 44.4 Å². The zero-order valence-corrected chi connectivity index (χ0v) is 13.3. The zero-order chi connectivity index (χ0) is 15.6. The van der Waals surface area contributed by atoms with Gasteiger partial charge in [0.05, 0.1) is 18.8 Å². The van der Waals surface area contributed by atoms with E-state index in [9.17, 15) is 4.79 Å². The molecule has 0 aromatic carbocycles. The lowest BCUT2D eigenvalue weighted by Gasteiger charge is -2.41. The van der Waals surface area contributed by atoms with Crippen molar-refractivity contribution in [2.24, 2.45) is 11.8 Å². The van der Waals surface area contributed by atoms with Crippen LogP contribution in [0.3, 0.4) is 0 Å². The number of amides is 1. The first-order chi connectivity index (χ1) is 11.3. The highest BCUT2D eigenvalue weighted by Crippen LogP contribution is 2.36. The van der Waals surface area contributed by atoms with Gasteiger partial charge >= 0.3 is 0 Å². The maximum Gasteiger partial charge on any atom is 0.226 e. The van der Waals surface area contributed by atoms with Crippen LogP contribution < -0.4 is 0 Å². The second kappa shape index (κ2) is 6.57. The number of hydrogen-bond donors (Lipinski definition) is 0. The Morgan fingerprint density at radius 3 is 2.65 bits per heavy atom. The van der Waals surface area contributed by atoms with E-state index in [4.69, 9.17) is 9.47 Å². The molecule has 0 radical (unpaired) electrons. The third kappa shape index (κ3) is 2.99. The summed E-state index contributed by atoms with van der Waals surface area (Å²) < 4.78 is 13.5. The molecule has 0 bridgehead atoms. The summed E-state index contributed by atoms with van der Waals surface area (Å²) in [6.45, 7) is 3.68. The molecule has 1 saturated carbocycles. The van der Waals surface area contributed by atoms with Crippen LogP contribution in [0.4, 0.5) is 0 Å². The highest BCUT2D eigenvalue weighted by atomic mass is 16.5. The topological polar surface area (TPSA) is 69.5 Å². The van der Waals surface area contributed by atoms with Crippen LogP contribution in [0.2, 0.25) is 0 Å². The quantitative estimate of drug-likeness (QED) is 0.820. The number of aromatic nitrogens is 3. The molecule has 1 aromatic heterocycles. The largest absolute Gasteiger partial charge is 0.381 e. The predicted molar refractivity (Wildman–Crippen MR) is 81.5 cm³/mol. The molecular weight excluding hydrogens is 296 g/mol. The Bertz CT molecular complexity index is 529. The van der Waals surface area contributed by atoms with Gasteiger partial charge in [0, 0.05) is 38.1 Å². The third-order valence-corrected chi connectivity index (χ3v) is 5.49. The lowest BCUT2D eigenvalue weighted by molar-refractivity contribution is -0.153. The number of hydrogen-bond acceptors (Lipinski definition) is 5. The molecule has 7 heteroatoms.